The lowest BCUT2D eigenvalue weighted by Crippen LogP contribution is -2.30. The summed E-state index contributed by atoms with van der Waals surface area (Å²) in [5, 5.41) is 13.1. The van der Waals surface area contributed by atoms with Gasteiger partial charge in [0.2, 0.25) is 0 Å². The highest BCUT2D eigenvalue weighted by Gasteiger charge is 2.10. The summed E-state index contributed by atoms with van der Waals surface area (Å²) in [4.78, 5) is 0. The maximum Gasteiger partial charge on any atom is 0.134 e. The van der Waals surface area contributed by atoms with Crippen LogP contribution in [0.2, 0.25) is 5.02 Å². The minimum absolute atomic E-state index is 0.108. The van der Waals surface area contributed by atoms with Crippen LogP contribution in [0.25, 0.3) is 11.3 Å². The van der Waals surface area contributed by atoms with Gasteiger partial charge in [0.05, 0.1) is 13.2 Å². The summed E-state index contributed by atoms with van der Waals surface area (Å²) in [5.41, 5.74) is 2.03. The van der Waals surface area contributed by atoms with Gasteiger partial charge in [0.25, 0.3) is 0 Å². The Morgan fingerprint density at radius 3 is 2.80 bits per heavy atom. The molecule has 1 aromatic heterocycles. The van der Waals surface area contributed by atoms with Gasteiger partial charge in [0.1, 0.15) is 11.5 Å². The molecule has 3 nitrogen and oxygen atoms in total. The Morgan fingerprint density at radius 1 is 1.30 bits per heavy atom. The molecule has 2 rings (SSSR count). The highest BCUT2D eigenvalue weighted by atomic mass is 35.5. The Hall–Kier alpha value is -1.29. The number of aliphatic hydroxyl groups excluding tert-OH is 1. The van der Waals surface area contributed by atoms with E-state index in [9.17, 15) is 0 Å². The number of nitrogens with one attached hydrogen (secondary N) is 1. The van der Waals surface area contributed by atoms with Crippen molar-refractivity contribution in [1.82, 2.24) is 5.32 Å². The summed E-state index contributed by atoms with van der Waals surface area (Å²) < 4.78 is 5.84. The van der Waals surface area contributed by atoms with Crippen molar-refractivity contribution >= 4 is 11.6 Å². The van der Waals surface area contributed by atoms with Crippen LogP contribution in [-0.4, -0.2) is 17.8 Å². The van der Waals surface area contributed by atoms with Crippen molar-refractivity contribution in [3.05, 3.63) is 46.7 Å². The lowest BCUT2D eigenvalue weighted by atomic mass is 10.1. The zero-order valence-corrected chi connectivity index (χ0v) is 12.6. The maximum atomic E-state index is 9.15. The van der Waals surface area contributed by atoms with Crippen LogP contribution in [0.3, 0.4) is 0 Å². The zero-order valence-electron chi connectivity index (χ0n) is 11.8. The van der Waals surface area contributed by atoms with Gasteiger partial charge in [-0.2, -0.15) is 0 Å². The predicted molar refractivity (Wildman–Crippen MR) is 81.9 cm³/mol. The van der Waals surface area contributed by atoms with Gasteiger partial charge in [-0.1, -0.05) is 30.7 Å². The summed E-state index contributed by atoms with van der Waals surface area (Å²) in [6.07, 6.45) is 0.886. The molecule has 0 bridgehead atoms. The molecule has 1 unspecified atom stereocenters. The molecule has 1 atom stereocenters. The molecule has 4 heteroatoms. The molecule has 20 heavy (non-hydrogen) atoms. The van der Waals surface area contributed by atoms with Crippen LogP contribution in [0.1, 0.15) is 24.7 Å². The van der Waals surface area contributed by atoms with Crippen LogP contribution in [0, 0.1) is 6.92 Å². The Balaban J connectivity index is 2.11. The van der Waals surface area contributed by atoms with Crippen molar-refractivity contribution < 1.29 is 9.52 Å². The summed E-state index contributed by atoms with van der Waals surface area (Å²) in [5.74, 6) is 1.67. The number of benzene rings is 1. The molecule has 2 aromatic rings. The van der Waals surface area contributed by atoms with E-state index in [0.717, 1.165) is 34.1 Å². The van der Waals surface area contributed by atoms with Gasteiger partial charge in [-0.05, 0) is 37.1 Å². The van der Waals surface area contributed by atoms with Crippen LogP contribution in [0.4, 0.5) is 0 Å². The number of furan rings is 1. The number of hydrogen-bond donors (Lipinski definition) is 2. The lowest BCUT2D eigenvalue weighted by Gasteiger charge is -2.12. The van der Waals surface area contributed by atoms with E-state index in [1.165, 1.54) is 0 Å². The highest BCUT2D eigenvalue weighted by Crippen LogP contribution is 2.29. The zero-order chi connectivity index (χ0) is 14.5. The topological polar surface area (TPSA) is 45.4 Å². The number of aliphatic hydroxyl groups is 1. The first-order valence-corrected chi connectivity index (χ1v) is 7.22. The average molecular weight is 294 g/mol. The van der Waals surface area contributed by atoms with Crippen molar-refractivity contribution in [2.45, 2.75) is 32.9 Å². The first-order chi connectivity index (χ1) is 9.65. The Kier molecular flexibility index (Phi) is 5.24. The Morgan fingerprint density at radius 2 is 2.10 bits per heavy atom. The third kappa shape index (κ3) is 3.42. The van der Waals surface area contributed by atoms with Crippen LogP contribution < -0.4 is 5.32 Å². The molecule has 0 amide bonds. The van der Waals surface area contributed by atoms with E-state index in [-0.39, 0.29) is 12.6 Å². The largest absolute Gasteiger partial charge is 0.460 e. The van der Waals surface area contributed by atoms with Crippen LogP contribution in [-0.2, 0) is 6.54 Å². The summed E-state index contributed by atoms with van der Waals surface area (Å²) in [6.45, 7) is 4.77. The number of rotatable bonds is 6. The first kappa shape index (κ1) is 15.1. The van der Waals surface area contributed by atoms with Crippen molar-refractivity contribution in [3.63, 3.8) is 0 Å². The average Bonchev–Trinajstić information content (AvgIpc) is 2.92. The SMILES string of the molecule is CCC(CO)NCc1ccc(-c2cccc(Cl)c2C)o1. The second-order valence-corrected chi connectivity index (χ2v) is 5.25. The number of hydrogen-bond acceptors (Lipinski definition) is 3. The van der Waals surface area contributed by atoms with E-state index in [2.05, 4.69) is 5.32 Å². The van der Waals surface area contributed by atoms with Crippen LogP contribution >= 0.6 is 11.6 Å². The molecule has 108 valence electrons. The van der Waals surface area contributed by atoms with Crippen molar-refractivity contribution in [2.75, 3.05) is 6.61 Å². The minimum atomic E-state index is 0.108. The molecule has 1 aromatic carbocycles. The van der Waals surface area contributed by atoms with E-state index in [1.807, 2.05) is 44.2 Å². The van der Waals surface area contributed by atoms with Crippen LogP contribution in [0.5, 0.6) is 0 Å². The molecule has 1 heterocycles. The summed E-state index contributed by atoms with van der Waals surface area (Å²) >= 11 is 6.13. The van der Waals surface area contributed by atoms with Crippen molar-refractivity contribution in [1.29, 1.82) is 0 Å². The molecule has 0 fully saturated rings. The minimum Gasteiger partial charge on any atom is -0.460 e. The van der Waals surface area contributed by atoms with E-state index in [1.54, 1.807) is 0 Å². The van der Waals surface area contributed by atoms with Gasteiger partial charge >= 0.3 is 0 Å². The van der Waals surface area contributed by atoms with E-state index < -0.39 is 0 Å². The maximum absolute atomic E-state index is 9.15. The lowest BCUT2D eigenvalue weighted by molar-refractivity contribution is 0.235. The van der Waals surface area contributed by atoms with E-state index in [4.69, 9.17) is 21.1 Å². The molecule has 0 saturated carbocycles. The first-order valence-electron chi connectivity index (χ1n) is 6.84. The van der Waals surface area contributed by atoms with Gasteiger partial charge < -0.3 is 14.8 Å². The summed E-state index contributed by atoms with van der Waals surface area (Å²) in [7, 11) is 0. The standard InChI is InChI=1S/C16H20ClNO2/c1-3-12(10-19)18-9-13-7-8-16(20-13)14-5-4-6-15(17)11(14)2/h4-8,12,18-19H,3,9-10H2,1-2H3. The molecule has 0 aliphatic carbocycles. The molecular weight excluding hydrogens is 274 g/mol. The quantitative estimate of drug-likeness (QED) is 0.852. The fourth-order valence-corrected chi connectivity index (χ4v) is 2.25. The van der Waals surface area contributed by atoms with E-state index >= 15 is 0 Å². The molecule has 0 saturated heterocycles. The third-order valence-corrected chi connectivity index (χ3v) is 3.88. The molecule has 0 aliphatic rings. The van der Waals surface area contributed by atoms with Crippen LogP contribution in [0.15, 0.2) is 34.7 Å². The second-order valence-electron chi connectivity index (χ2n) is 4.85. The smallest absolute Gasteiger partial charge is 0.134 e. The van der Waals surface area contributed by atoms with Crippen molar-refractivity contribution in [3.8, 4) is 11.3 Å². The van der Waals surface area contributed by atoms with Gasteiger partial charge in [-0.3, -0.25) is 0 Å². The van der Waals surface area contributed by atoms with Gasteiger partial charge in [-0.15, -0.1) is 0 Å². The van der Waals surface area contributed by atoms with Gasteiger partial charge in [0.15, 0.2) is 0 Å². The van der Waals surface area contributed by atoms with Gasteiger partial charge in [0, 0.05) is 16.6 Å². The fraction of sp³-hybridized carbons (Fsp3) is 0.375. The van der Waals surface area contributed by atoms with Gasteiger partial charge in [-0.25, -0.2) is 0 Å². The third-order valence-electron chi connectivity index (χ3n) is 3.47. The molecule has 0 radical (unpaired) electrons. The van der Waals surface area contributed by atoms with E-state index in [0.29, 0.717) is 6.54 Å². The fourth-order valence-electron chi connectivity index (χ4n) is 2.07. The Bertz CT molecular complexity index is 561. The summed E-state index contributed by atoms with van der Waals surface area (Å²) in [6, 6.07) is 9.81. The second kappa shape index (κ2) is 6.93. The normalized spacial score (nSPS) is 12.6. The predicted octanol–water partition coefficient (Wildman–Crippen LogP) is 3.77. The molecule has 0 spiro atoms. The molecule has 0 aliphatic heterocycles. The van der Waals surface area contributed by atoms with Crippen molar-refractivity contribution in [2.24, 2.45) is 0 Å². The number of halogens is 1. The Labute approximate surface area is 124 Å². The molecule has 2 N–H and O–H groups in total. The highest BCUT2D eigenvalue weighted by molar-refractivity contribution is 6.31. The molecular formula is C16H20ClNO2. The monoisotopic (exact) mass is 293 g/mol.